The summed E-state index contributed by atoms with van der Waals surface area (Å²) in [5, 5.41) is 0. The lowest BCUT2D eigenvalue weighted by atomic mass is 10.0. The number of nitrogens with zero attached hydrogens (tertiary/aromatic N) is 1. The molecule has 0 aromatic carbocycles. The first-order valence-corrected chi connectivity index (χ1v) is 14.1. The van der Waals surface area contributed by atoms with Crippen LogP contribution in [0.4, 0.5) is 0 Å². The molecule has 1 unspecified atom stereocenters. The molecule has 0 aromatic rings. The fourth-order valence-electron chi connectivity index (χ4n) is 4.52. The van der Waals surface area contributed by atoms with Crippen molar-refractivity contribution in [2.45, 2.75) is 148 Å². The highest BCUT2D eigenvalue weighted by Crippen LogP contribution is 2.14. The Morgan fingerprint density at radius 1 is 0.677 bits per heavy atom. The number of ether oxygens (including phenoxy) is 2. The quantitative estimate of drug-likeness (QED) is 0.118. The standard InChI is InChI=1S/C28H56NO2/c1-4-6-8-9-10-11-12-13-14-15-16-17-18-19-20-22-24-30-25-27-26-31-28(29(27)3)23-21-7-5-2/h27H,4-26H2,1-3H3/q+1. The van der Waals surface area contributed by atoms with Crippen LogP contribution in [0.1, 0.15) is 142 Å². The van der Waals surface area contributed by atoms with Crippen molar-refractivity contribution in [1.29, 1.82) is 0 Å². The van der Waals surface area contributed by atoms with Gasteiger partial charge in [-0.05, 0) is 12.8 Å². The van der Waals surface area contributed by atoms with Crippen LogP contribution in [0.3, 0.4) is 0 Å². The molecule has 184 valence electrons. The zero-order valence-electron chi connectivity index (χ0n) is 21.6. The first-order chi connectivity index (χ1) is 15.3. The van der Waals surface area contributed by atoms with Gasteiger partial charge in [0.05, 0.1) is 6.42 Å². The molecule has 0 fully saturated rings. The Morgan fingerprint density at radius 3 is 1.65 bits per heavy atom. The van der Waals surface area contributed by atoms with E-state index in [1.165, 1.54) is 128 Å². The molecule has 0 amide bonds. The first kappa shape index (κ1) is 28.5. The van der Waals surface area contributed by atoms with Crippen LogP contribution >= 0.6 is 0 Å². The zero-order chi connectivity index (χ0) is 22.4. The van der Waals surface area contributed by atoms with Gasteiger partial charge in [-0.25, -0.2) is 0 Å². The Balaban J connectivity index is 1.79. The molecule has 0 saturated heterocycles. The lowest BCUT2D eigenvalue weighted by Gasteiger charge is -2.07. The average Bonchev–Trinajstić information content (AvgIpc) is 3.12. The summed E-state index contributed by atoms with van der Waals surface area (Å²) < 4.78 is 14.1. The van der Waals surface area contributed by atoms with Crippen molar-refractivity contribution in [2.24, 2.45) is 0 Å². The van der Waals surface area contributed by atoms with Gasteiger partial charge < -0.3 is 9.47 Å². The fraction of sp³-hybridized carbons (Fsp3) is 0.964. The summed E-state index contributed by atoms with van der Waals surface area (Å²) in [7, 11) is 2.16. The second-order valence-corrected chi connectivity index (χ2v) is 9.80. The molecule has 1 rings (SSSR count). The van der Waals surface area contributed by atoms with E-state index in [0.29, 0.717) is 6.04 Å². The highest BCUT2D eigenvalue weighted by Gasteiger charge is 2.31. The number of unbranched alkanes of at least 4 members (excludes halogenated alkanes) is 17. The highest BCUT2D eigenvalue weighted by molar-refractivity contribution is 5.71. The van der Waals surface area contributed by atoms with Crippen molar-refractivity contribution in [3.63, 3.8) is 0 Å². The normalized spacial score (nSPS) is 16.3. The Kier molecular flexibility index (Phi) is 19.5. The number of hydrogen-bond donors (Lipinski definition) is 0. The lowest BCUT2D eigenvalue weighted by Crippen LogP contribution is -2.28. The van der Waals surface area contributed by atoms with Crippen LogP contribution in [0.5, 0.6) is 0 Å². The monoisotopic (exact) mass is 438 g/mol. The highest BCUT2D eigenvalue weighted by atomic mass is 16.5. The zero-order valence-corrected chi connectivity index (χ0v) is 21.6. The Hall–Kier alpha value is -0.570. The first-order valence-electron chi connectivity index (χ1n) is 14.1. The molecule has 0 saturated carbocycles. The summed E-state index contributed by atoms with van der Waals surface area (Å²) in [6.45, 7) is 7.07. The number of likely N-dealkylation sites (N-methyl/N-ethyl adjacent to an activating group) is 1. The Morgan fingerprint density at radius 2 is 1.13 bits per heavy atom. The molecular weight excluding hydrogens is 382 g/mol. The molecule has 0 aliphatic carbocycles. The van der Waals surface area contributed by atoms with Crippen LogP contribution < -0.4 is 0 Å². The van der Waals surface area contributed by atoms with Gasteiger partial charge in [0.1, 0.15) is 13.7 Å². The topological polar surface area (TPSA) is 21.5 Å². The van der Waals surface area contributed by atoms with Crippen LogP contribution in [-0.4, -0.2) is 43.4 Å². The third-order valence-electron chi connectivity index (χ3n) is 6.83. The summed E-state index contributed by atoms with van der Waals surface area (Å²) in [5.74, 6) is 1.17. The Labute approximate surface area is 195 Å². The maximum atomic E-state index is 5.95. The van der Waals surface area contributed by atoms with Gasteiger partial charge in [-0.1, -0.05) is 123 Å². The van der Waals surface area contributed by atoms with Crippen LogP contribution in [-0.2, 0) is 9.47 Å². The van der Waals surface area contributed by atoms with Gasteiger partial charge in [0.2, 0.25) is 6.04 Å². The third kappa shape index (κ3) is 15.8. The minimum atomic E-state index is 0.415. The van der Waals surface area contributed by atoms with E-state index in [-0.39, 0.29) is 0 Å². The van der Waals surface area contributed by atoms with E-state index in [4.69, 9.17) is 9.47 Å². The molecule has 1 atom stereocenters. The molecule has 0 radical (unpaired) electrons. The Bertz CT molecular complexity index is 421. The smallest absolute Gasteiger partial charge is 0.336 e. The van der Waals surface area contributed by atoms with Gasteiger partial charge in [0.25, 0.3) is 0 Å². The SMILES string of the molecule is CCCCCCCCCCCCCCCCCCOCC1COC(CCCCC)=[N+]1C. The molecule has 1 aliphatic rings. The predicted octanol–water partition coefficient (Wildman–Crippen LogP) is 8.28. The van der Waals surface area contributed by atoms with E-state index in [1.54, 1.807) is 0 Å². The van der Waals surface area contributed by atoms with Gasteiger partial charge in [-0.3, -0.25) is 0 Å². The molecule has 1 heterocycles. The van der Waals surface area contributed by atoms with Crippen LogP contribution in [0.2, 0.25) is 0 Å². The van der Waals surface area contributed by atoms with Gasteiger partial charge in [0.15, 0.2) is 6.61 Å². The van der Waals surface area contributed by atoms with Crippen molar-refractivity contribution in [3.8, 4) is 0 Å². The number of rotatable bonds is 23. The van der Waals surface area contributed by atoms with Crippen molar-refractivity contribution in [1.82, 2.24) is 0 Å². The molecule has 1 aliphatic heterocycles. The van der Waals surface area contributed by atoms with Crippen molar-refractivity contribution < 1.29 is 14.0 Å². The fourth-order valence-corrected chi connectivity index (χ4v) is 4.52. The molecule has 31 heavy (non-hydrogen) atoms. The van der Waals surface area contributed by atoms with Gasteiger partial charge in [-0.2, -0.15) is 4.58 Å². The molecular formula is C28H56NO2+. The summed E-state index contributed by atoms with van der Waals surface area (Å²) in [6.07, 6.45) is 27.6. The van der Waals surface area contributed by atoms with E-state index >= 15 is 0 Å². The molecule has 0 N–H and O–H groups in total. The summed E-state index contributed by atoms with van der Waals surface area (Å²) in [5.41, 5.74) is 0. The largest absolute Gasteiger partial charge is 0.441 e. The van der Waals surface area contributed by atoms with E-state index in [1.807, 2.05) is 0 Å². The minimum absolute atomic E-state index is 0.415. The average molecular weight is 439 g/mol. The predicted molar refractivity (Wildman–Crippen MR) is 135 cm³/mol. The van der Waals surface area contributed by atoms with E-state index in [9.17, 15) is 0 Å². The maximum Gasteiger partial charge on any atom is 0.336 e. The number of hydrogen-bond acceptors (Lipinski definition) is 2. The third-order valence-corrected chi connectivity index (χ3v) is 6.83. The molecule has 3 nitrogen and oxygen atoms in total. The maximum absolute atomic E-state index is 5.95. The van der Waals surface area contributed by atoms with E-state index < -0.39 is 0 Å². The van der Waals surface area contributed by atoms with Crippen LogP contribution in [0.15, 0.2) is 0 Å². The van der Waals surface area contributed by atoms with Crippen molar-refractivity contribution in [2.75, 3.05) is 26.9 Å². The van der Waals surface area contributed by atoms with Crippen molar-refractivity contribution >= 4 is 5.90 Å². The van der Waals surface area contributed by atoms with Gasteiger partial charge in [-0.15, -0.1) is 0 Å². The van der Waals surface area contributed by atoms with Crippen LogP contribution in [0, 0.1) is 0 Å². The van der Waals surface area contributed by atoms with E-state index in [0.717, 1.165) is 26.2 Å². The summed E-state index contributed by atoms with van der Waals surface area (Å²) in [6, 6.07) is 0.415. The molecule has 0 spiro atoms. The van der Waals surface area contributed by atoms with E-state index in [2.05, 4.69) is 25.5 Å². The van der Waals surface area contributed by atoms with Gasteiger partial charge in [0, 0.05) is 6.61 Å². The minimum Gasteiger partial charge on any atom is -0.441 e. The second-order valence-electron chi connectivity index (χ2n) is 9.80. The summed E-state index contributed by atoms with van der Waals surface area (Å²) in [4.78, 5) is 0. The van der Waals surface area contributed by atoms with Gasteiger partial charge >= 0.3 is 5.90 Å². The molecule has 0 bridgehead atoms. The van der Waals surface area contributed by atoms with Crippen LogP contribution in [0.25, 0.3) is 0 Å². The second kappa shape index (κ2) is 21.3. The lowest BCUT2D eigenvalue weighted by molar-refractivity contribution is -0.531. The summed E-state index contributed by atoms with van der Waals surface area (Å²) >= 11 is 0. The molecule has 0 aromatic heterocycles. The van der Waals surface area contributed by atoms with Crippen molar-refractivity contribution in [3.05, 3.63) is 0 Å². The molecule has 3 heteroatoms.